The number of ether oxygens (including phenoxy) is 1. The van der Waals surface area contributed by atoms with Crippen LogP contribution >= 0.6 is 11.6 Å². The lowest BCUT2D eigenvalue weighted by atomic mass is 10.0. The van der Waals surface area contributed by atoms with Crippen molar-refractivity contribution in [3.05, 3.63) is 34.9 Å². The molecule has 1 saturated heterocycles. The fourth-order valence-electron chi connectivity index (χ4n) is 3.05. The van der Waals surface area contributed by atoms with E-state index in [1.807, 2.05) is 19.1 Å². The molecule has 106 valence electrons. The standard InChI is InChI=1S/C15H23ClNO2/c1-4-17(5-2)10-12(3)19-15(18,11-17)13-6-8-14(16)9-7-13/h6-9,12,18H,4-5,10-11H2,1-3H3/q+1/t12-,15-/m0/s1. The summed E-state index contributed by atoms with van der Waals surface area (Å²) in [6, 6.07) is 7.29. The highest BCUT2D eigenvalue weighted by atomic mass is 35.5. The summed E-state index contributed by atoms with van der Waals surface area (Å²) in [7, 11) is 0. The summed E-state index contributed by atoms with van der Waals surface area (Å²) >= 11 is 5.91. The maximum atomic E-state index is 10.9. The lowest BCUT2D eigenvalue weighted by molar-refractivity contribution is -0.948. The number of hydrogen-bond donors (Lipinski definition) is 1. The predicted molar refractivity (Wildman–Crippen MR) is 77.0 cm³/mol. The molecule has 1 heterocycles. The molecule has 1 aliphatic rings. The van der Waals surface area contributed by atoms with Crippen LogP contribution in [-0.2, 0) is 10.5 Å². The highest BCUT2D eigenvalue weighted by molar-refractivity contribution is 6.30. The van der Waals surface area contributed by atoms with E-state index in [0.29, 0.717) is 11.6 Å². The van der Waals surface area contributed by atoms with Crippen molar-refractivity contribution in [1.82, 2.24) is 0 Å². The Morgan fingerprint density at radius 2 is 1.89 bits per heavy atom. The zero-order chi connectivity index (χ0) is 14.1. The molecule has 19 heavy (non-hydrogen) atoms. The number of likely N-dealkylation sites (N-methyl/N-ethyl adjacent to an activating group) is 1. The second-order valence-corrected chi connectivity index (χ2v) is 5.97. The lowest BCUT2D eigenvalue weighted by Crippen LogP contribution is -2.64. The predicted octanol–water partition coefficient (Wildman–Crippen LogP) is 2.76. The molecule has 1 aromatic rings. The Morgan fingerprint density at radius 1 is 1.32 bits per heavy atom. The van der Waals surface area contributed by atoms with Crippen molar-refractivity contribution >= 4 is 11.6 Å². The van der Waals surface area contributed by atoms with Gasteiger partial charge in [0.15, 0.2) is 0 Å². The minimum absolute atomic E-state index is 0.0364. The number of aliphatic hydroxyl groups is 1. The summed E-state index contributed by atoms with van der Waals surface area (Å²) in [5, 5.41) is 11.6. The van der Waals surface area contributed by atoms with Gasteiger partial charge in [0, 0.05) is 10.6 Å². The summed E-state index contributed by atoms with van der Waals surface area (Å²) in [4.78, 5) is 0. The van der Waals surface area contributed by atoms with Crippen molar-refractivity contribution < 1.29 is 14.3 Å². The van der Waals surface area contributed by atoms with Crippen LogP contribution in [0.3, 0.4) is 0 Å². The first-order valence-corrected chi connectivity index (χ1v) is 7.32. The van der Waals surface area contributed by atoms with E-state index in [2.05, 4.69) is 13.8 Å². The van der Waals surface area contributed by atoms with Gasteiger partial charge in [-0.25, -0.2) is 0 Å². The van der Waals surface area contributed by atoms with Crippen LogP contribution in [0.25, 0.3) is 0 Å². The van der Waals surface area contributed by atoms with Crippen LogP contribution in [0.2, 0.25) is 5.02 Å². The van der Waals surface area contributed by atoms with Gasteiger partial charge in [0.2, 0.25) is 5.79 Å². The fourth-order valence-corrected chi connectivity index (χ4v) is 3.17. The SMILES string of the molecule is CC[N+]1(CC)C[C@H](C)O[C@](O)(c2ccc(Cl)cc2)C1. The second-order valence-electron chi connectivity index (χ2n) is 5.53. The van der Waals surface area contributed by atoms with Gasteiger partial charge in [0.1, 0.15) is 19.2 Å². The maximum Gasteiger partial charge on any atom is 0.244 e. The normalized spacial score (nSPS) is 30.3. The Morgan fingerprint density at radius 3 is 2.42 bits per heavy atom. The molecule has 0 aromatic heterocycles. The molecule has 1 fully saturated rings. The second kappa shape index (κ2) is 5.41. The average Bonchev–Trinajstić information content (AvgIpc) is 2.38. The molecule has 0 saturated carbocycles. The van der Waals surface area contributed by atoms with E-state index < -0.39 is 5.79 Å². The van der Waals surface area contributed by atoms with Crippen molar-refractivity contribution in [2.24, 2.45) is 0 Å². The van der Waals surface area contributed by atoms with Crippen molar-refractivity contribution in [3.8, 4) is 0 Å². The van der Waals surface area contributed by atoms with E-state index in [1.165, 1.54) is 0 Å². The van der Waals surface area contributed by atoms with Crippen molar-refractivity contribution in [3.63, 3.8) is 0 Å². The van der Waals surface area contributed by atoms with Gasteiger partial charge in [-0.1, -0.05) is 23.7 Å². The van der Waals surface area contributed by atoms with Crippen LogP contribution in [0.5, 0.6) is 0 Å². The molecule has 1 aliphatic heterocycles. The van der Waals surface area contributed by atoms with Gasteiger partial charge in [0.25, 0.3) is 0 Å². The van der Waals surface area contributed by atoms with E-state index in [1.54, 1.807) is 12.1 Å². The van der Waals surface area contributed by atoms with Crippen LogP contribution in [0, 0.1) is 0 Å². The Labute approximate surface area is 120 Å². The largest absolute Gasteiger partial charge is 0.357 e. The summed E-state index contributed by atoms with van der Waals surface area (Å²) in [6.07, 6.45) is 0.0364. The minimum atomic E-state index is -1.21. The molecule has 1 aromatic carbocycles. The first-order valence-electron chi connectivity index (χ1n) is 6.94. The molecule has 4 heteroatoms. The minimum Gasteiger partial charge on any atom is -0.357 e. The third-order valence-corrected chi connectivity index (χ3v) is 4.48. The van der Waals surface area contributed by atoms with Crippen LogP contribution < -0.4 is 0 Å². The first-order chi connectivity index (χ1) is 8.93. The molecule has 0 bridgehead atoms. The molecular weight excluding hydrogens is 262 g/mol. The van der Waals surface area contributed by atoms with Crippen LogP contribution in [0.1, 0.15) is 26.3 Å². The van der Waals surface area contributed by atoms with E-state index in [9.17, 15) is 5.11 Å². The molecular formula is C15H23ClNO2+. The monoisotopic (exact) mass is 284 g/mol. The molecule has 3 nitrogen and oxygen atoms in total. The van der Waals surface area contributed by atoms with Crippen molar-refractivity contribution in [2.75, 3.05) is 26.2 Å². The number of benzene rings is 1. The smallest absolute Gasteiger partial charge is 0.244 e. The number of nitrogens with zero attached hydrogens (tertiary/aromatic N) is 1. The summed E-state index contributed by atoms with van der Waals surface area (Å²) < 4.78 is 6.73. The summed E-state index contributed by atoms with van der Waals surface area (Å²) in [5.41, 5.74) is 0.785. The molecule has 2 rings (SSSR count). The highest BCUT2D eigenvalue weighted by Gasteiger charge is 2.47. The van der Waals surface area contributed by atoms with Gasteiger partial charge in [0.05, 0.1) is 13.1 Å². The molecule has 0 unspecified atom stereocenters. The van der Waals surface area contributed by atoms with Crippen LogP contribution in [0.4, 0.5) is 0 Å². The highest BCUT2D eigenvalue weighted by Crippen LogP contribution is 2.34. The van der Waals surface area contributed by atoms with Gasteiger partial charge >= 0.3 is 0 Å². The number of morpholine rings is 1. The van der Waals surface area contributed by atoms with Crippen LogP contribution in [0.15, 0.2) is 24.3 Å². The number of halogens is 1. The zero-order valence-electron chi connectivity index (χ0n) is 11.9. The van der Waals surface area contributed by atoms with Gasteiger partial charge < -0.3 is 14.3 Å². The summed E-state index contributed by atoms with van der Waals surface area (Å²) in [5.74, 6) is -1.21. The molecule has 0 amide bonds. The quantitative estimate of drug-likeness (QED) is 0.865. The number of hydrogen-bond acceptors (Lipinski definition) is 2. The third-order valence-electron chi connectivity index (χ3n) is 4.23. The molecule has 0 spiro atoms. The first kappa shape index (κ1) is 14.8. The number of rotatable bonds is 3. The van der Waals surface area contributed by atoms with E-state index in [0.717, 1.165) is 29.7 Å². The molecule has 0 radical (unpaired) electrons. The van der Waals surface area contributed by atoms with Gasteiger partial charge in [-0.3, -0.25) is 0 Å². The maximum absolute atomic E-state index is 10.9. The molecule has 0 aliphatic carbocycles. The van der Waals surface area contributed by atoms with E-state index >= 15 is 0 Å². The van der Waals surface area contributed by atoms with E-state index in [4.69, 9.17) is 16.3 Å². The Bertz CT molecular complexity index is 430. The average molecular weight is 285 g/mol. The topological polar surface area (TPSA) is 29.5 Å². The Kier molecular flexibility index (Phi) is 4.21. The third kappa shape index (κ3) is 2.95. The Hall–Kier alpha value is -0.610. The van der Waals surface area contributed by atoms with Gasteiger partial charge in [-0.2, -0.15) is 0 Å². The lowest BCUT2D eigenvalue weighted by Gasteiger charge is -2.49. The van der Waals surface area contributed by atoms with Crippen molar-refractivity contribution in [1.29, 1.82) is 0 Å². The zero-order valence-corrected chi connectivity index (χ0v) is 12.7. The van der Waals surface area contributed by atoms with Gasteiger partial charge in [-0.05, 0) is 32.9 Å². The summed E-state index contributed by atoms with van der Waals surface area (Å²) in [6.45, 7) is 9.90. The fraction of sp³-hybridized carbons (Fsp3) is 0.600. The Balaban J connectivity index is 2.33. The number of quaternary nitrogens is 1. The van der Waals surface area contributed by atoms with Gasteiger partial charge in [-0.15, -0.1) is 0 Å². The van der Waals surface area contributed by atoms with E-state index in [-0.39, 0.29) is 6.10 Å². The van der Waals surface area contributed by atoms with Crippen LogP contribution in [-0.4, -0.2) is 41.9 Å². The van der Waals surface area contributed by atoms with Crippen molar-refractivity contribution in [2.45, 2.75) is 32.7 Å². The molecule has 2 atom stereocenters. The molecule has 1 N–H and O–H groups in total.